The summed E-state index contributed by atoms with van der Waals surface area (Å²) in [6, 6.07) is 8.38. The van der Waals surface area contributed by atoms with Gasteiger partial charge in [-0.15, -0.1) is 0 Å². The molecule has 0 aliphatic heterocycles. The zero-order valence-electron chi connectivity index (χ0n) is 14.2. The van der Waals surface area contributed by atoms with Crippen LogP contribution in [0.1, 0.15) is 20.7 Å². The fourth-order valence-corrected chi connectivity index (χ4v) is 3.00. The van der Waals surface area contributed by atoms with Crippen LogP contribution in [0.5, 0.6) is 5.75 Å². The summed E-state index contributed by atoms with van der Waals surface area (Å²) in [5.41, 5.74) is 4.75. The SMILES string of the molecule is COc1cc(Cl)ccc1C(=O)NNC(=O)c1ccc(Cl)c(NS(C)(=O)=O)c1. The Kier molecular flexibility index (Phi) is 6.53. The number of carbonyl (C=O) groups is 2. The molecule has 0 atom stereocenters. The number of carbonyl (C=O) groups excluding carboxylic acids is 2. The quantitative estimate of drug-likeness (QED) is 0.629. The van der Waals surface area contributed by atoms with Gasteiger partial charge >= 0.3 is 0 Å². The molecule has 3 N–H and O–H groups in total. The second-order valence-electron chi connectivity index (χ2n) is 5.32. The molecule has 2 aromatic rings. The topological polar surface area (TPSA) is 114 Å². The summed E-state index contributed by atoms with van der Waals surface area (Å²) in [5, 5.41) is 0.506. The summed E-state index contributed by atoms with van der Waals surface area (Å²) in [6.07, 6.45) is 0.954. The van der Waals surface area contributed by atoms with Crippen molar-refractivity contribution in [2.75, 3.05) is 18.1 Å². The van der Waals surface area contributed by atoms with Crippen molar-refractivity contribution in [1.82, 2.24) is 10.9 Å². The molecule has 0 aliphatic rings. The first-order valence-electron chi connectivity index (χ1n) is 7.32. The number of benzene rings is 2. The van der Waals surface area contributed by atoms with E-state index in [2.05, 4.69) is 15.6 Å². The molecule has 0 radical (unpaired) electrons. The number of hydrogen-bond donors (Lipinski definition) is 3. The molecule has 0 unspecified atom stereocenters. The van der Waals surface area contributed by atoms with Gasteiger partial charge in [-0.05, 0) is 36.4 Å². The van der Waals surface area contributed by atoms with Crippen LogP contribution in [0, 0.1) is 0 Å². The fraction of sp³-hybridized carbons (Fsp3) is 0.125. The third kappa shape index (κ3) is 5.75. The van der Waals surface area contributed by atoms with Gasteiger partial charge in [-0.25, -0.2) is 8.42 Å². The van der Waals surface area contributed by atoms with Crippen LogP contribution in [0.25, 0.3) is 0 Å². The van der Waals surface area contributed by atoms with Gasteiger partial charge in [-0.1, -0.05) is 23.2 Å². The molecular formula is C16H15Cl2N3O5S. The number of methoxy groups -OCH3 is 1. The molecule has 8 nitrogen and oxygen atoms in total. The number of hydrogen-bond acceptors (Lipinski definition) is 5. The number of ether oxygens (including phenoxy) is 1. The van der Waals surface area contributed by atoms with E-state index in [1.807, 2.05) is 0 Å². The number of amides is 2. The highest BCUT2D eigenvalue weighted by molar-refractivity contribution is 7.92. The van der Waals surface area contributed by atoms with E-state index in [9.17, 15) is 18.0 Å². The van der Waals surface area contributed by atoms with Crippen LogP contribution in [0.2, 0.25) is 10.0 Å². The van der Waals surface area contributed by atoms with Crippen LogP contribution in [0.4, 0.5) is 5.69 Å². The molecule has 0 aliphatic carbocycles. The van der Waals surface area contributed by atoms with Crippen LogP contribution in [0.3, 0.4) is 0 Å². The van der Waals surface area contributed by atoms with Gasteiger partial charge in [0.2, 0.25) is 10.0 Å². The van der Waals surface area contributed by atoms with E-state index < -0.39 is 21.8 Å². The maximum absolute atomic E-state index is 12.2. The lowest BCUT2D eigenvalue weighted by Crippen LogP contribution is -2.41. The van der Waals surface area contributed by atoms with Gasteiger partial charge in [0.25, 0.3) is 11.8 Å². The van der Waals surface area contributed by atoms with Crippen molar-refractivity contribution in [3.05, 3.63) is 57.6 Å². The maximum Gasteiger partial charge on any atom is 0.273 e. The van der Waals surface area contributed by atoms with E-state index in [1.165, 1.54) is 43.5 Å². The average Bonchev–Trinajstić information content (AvgIpc) is 2.59. The Morgan fingerprint density at radius 1 is 1.00 bits per heavy atom. The second kappa shape index (κ2) is 8.47. The lowest BCUT2D eigenvalue weighted by Gasteiger charge is -2.12. The molecule has 2 aromatic carbocycles. The van der Waals surface area contributed by atoms with Gasteiger partial charge in [-0.2, -0.15) is 0 Å². The Bertz CT molecular complexity index is 996. The van der Waals surface area contributed by atoms with Gasteiger partial charge in [0, 0.05) is 10.6 Å². The predicted molar refractivity (Wildman–Crippen MR) is 103 cm³/mol. The molecular weight excluding hydrogens is 417 g/mol. The smallest absolute Gasteiger partial charge is 0.273 e. The molecule has 0 spiro atoms. The lowest BCUT2D eigenvalue weighted by molar-refractivity contribution is 0.0845. The summed E-state index contributed by atoms with van der Waals surface area (Å²) in [4.78, 5) is 24.4. The molecule has 0 aromatic heterocycles. The van der Waals surface area contributed by atoms with Gasteiger partial charge in [0.05, 0.1) is 29.6 Å². The zero-order chi connectivity index (χ0) is 20.2. The Morgan fingerprint density at radius 2 is 1.67 bits per heavy atom. The van der Waals surface area contributed by atoms with E-state index in [0.717, 1.165) is 6.26 Å². The van der Waals surface area contributed by atoms with Gasteiger partial charge in [0.15, 0.2) is 0 Å². The fourth-order valence-electron chi connectivity index (χ4n) is 2.05. The van der Waals surface area contributed by atoms with Crippen LogP contribution in [0.15, 0.2) is 36.4 Å². The number of halogens is 2. The van der Waals surface area contributed by atoms with Crippen LogP contribution >= 0.6 is 23.2 Å². The molecule has 144 valence electrons. The van der Waals surface area contributed by atoms with Crippen LogP contribution in [-0.4, -0.2) is 33.6 Å². The van der Waals surface area contributed by atoms with Crippen LogP contribution < -0.4 is 20.3 Å². The summed E-state index contributed by atoms with van der Waals surface area (Å²) in [5.74, 6) is -1.06. The van der Waals surface area contributed by atoms with E-state index in [-0.39, 0.29) is 27.6 Å². The molecule has 0 saturated carbocycles. The summed E-state index contributed by atoms with van der Waals surface area (Å²) in [6.45, 7) is 0. The molecule has 0 fully saturated rings. The molecule has 0 heterocycles. The Balaban J connectivity index is 2.12. The minimum Gasteiger partial charge on any atom is -0.496 e. The third-order valence-corrected chi connectivity index (χ3v) is 4.38. The number of hydrazine groups is 1. The van der Waals surface area contributed by atoms with Gasteiger partial charge in [-0.3, -0.25) is 25.2 Å². The predicted octanol–water partition coefficient (Wildman–Crippen LogP) is 2.45. The Hall–Kier alpha value is -2.49. The first-order valence-corrected chi connectivity index (χ1v) is 9.97. The third-order valence-electron chi connectivity index (χ3n) is 3.22. The van der Waals surface area contributed by atoms with Gasteiger partial charge < -0.3 is 4.74 Å². The van der Waals surface area contributed by atoms with E-state index in [0.29, 0.717) is 5.02 Å². The van der Waals surface area contributed by atoms with Crippen molar-refractivity contribution in [3.8, 4) is 5.75 Å². The number of nitrogens with one attached hydrogen (secondary N) is 3. The monoisotopic (exact) mass is 431 g/mol. The van der Waals surface area contributed by atoms with E-state index in [1.54, 1.807) is 0 Å². The van der Waals surface area contributed by atoms with Crippen molar-refractivity contribution < 1.29 is 22.7 Å². The standard InChI is InChI=1S/C16H15Cl2N3O5S/c1-26-14-8-10(17)4-5-11(14)16(23)20-19-15(22)9-3-6-12(18)13(7-9)21-27(2,24)25/h3-8,21H,1-2H3,(H,19,22)(H,20,23). The molecule has 2 rings (SSSR count). The number of anilines is 1. The average molecular weight is 432 g/mol. The highest BCUT2D eigenvalue weighted by atomic mass is 35.5. The summed E-state index contributed by atoms with van der Waals surface area (Å²) >= 11 is 11.7. The molecule has 11 heteroatoms. The molecule has 2 amide bonds. The molecule has 0 saturated heterocycles. The number of rotatable bonds is 5. The largest absolute Gasteiger partial charge is 0.496 e. The van der Waals surface area contributed by atoms with Gasteiger partial charge in [0.1, 0.15) is 5.75 Å². The second-order valence-corrected chi connectivity index (χ2v) is 7.91. The Morgan fingerprint density at radius 3 is 2.30 bits per heavy atom. The van der Waals surface area contributed by atoms with Crippen molar-refractivity contribution in [2.45, 2.75) is 0 Å². The van der Waals surface area contributed by atoms with Crippen LogP contribution in [-0.2, 0) is 10.0 Å². The van der Waals surface area contributed by atoms with E-state index >= 15 is 0 Å². The normalized spacial score (nSPS) is 10.8. The minimum absolute atomic E-state index is 0.0394. The Labute approximate surface area is 165 Å². The molecule has 0 bridgehead atoms. The van der Waals surface area contributed by atoms with Crippen molar-refractivity contribution in [1.29, 1.82) is 0 Å². The summed E-state index contributed by atoms with van der Waals surface area (Å²) < 4.78 is 30.0. The van der Waals surface area contributed by atoms with Crippen molar-refractivity contribution in [2.24, 2.45) is 0 Å². The molecule has 27 heavy (non-hydrogen) atoms. The first kappa shape index (κ1) is 20.8. The zero-order valence-corrected chi connectivity index (χ0v) is 16.5. The first-order chi connectivity index (χ1) is 12.6. The summed E-state index contributed by atoms with van der Waals surface area (Å²) in [7, 11) is -2.20. The number of sulfonamides is 1. The minimum atomic E-state index is -3.58. The highest BCUT2D eigenvalue weighted by Crippen LogP contribution is 2.24. The van der Waals surface area contributed by atoms with Crippen molar-refractivity contribution in [3.63, 3.8) is 0 Å². The maximum atomic E-state index is 12.2. The van der Waals surface area contributed by atoms with E-state index in [4.69, 9.17) is 27.9 Å². The lowest BCUT2D eigenvalue weighted by atomic mass is 10.2. The highest BCUT2D eigenvalue weighted by Gasteiger charge is 2.15. The van der Waals surface area contributed by atoms with Crippen molar-refractivity contribution >= 4 is 50.7 Å².